The van der Waals surface area contributed by atoms with Gasteiger partial charge in [-0.25, -0.2) is 0 Å². The Morgan fingerprint density at radius 2 is 2.27 bits per heavy atom. The molecule has 0 aliphatic carbocycles. The lowest BCUT2D eigenvalue weighted by molar-refractivity contribution is 0.805. The molecule has 0 fully saturated rings. The third-order valence-corrected chi connectivity index (χ3v) is 3.62. The first kappa shape index (κ1) is 10.1. The summed E-state index contributed by atoms with van der Waals surface area (Å²) in [5.41, 5.74) is 1.77. The standard InChI is InChI=1S/C11H12N2OS/c1-3-13-11(14)8(2)10(15-13)9-6-4-5-7-12-9/h4-7H,3H2,1-2H3. The van der Waals surface area contributed by atoms with Gasteiger partial charge >= 0.3 is 0 Å². The number of nitrogens with zero attached hydrogens (tertiary/aromatic N) is 2. The quantitative estimate of drug-likeness (QED) is 0.778. The molecule has 0 spiro atoms. The zero-order chi connectivity index (χ0) is 10.8. The van der Waals surface area contributed by atoms with Gasteiger partial charge in [0.2, 0.25) is 0 Å². The van der Waals surface area contributed by atoms with Crippen molar-refractivity contribution in [2.45, 2.75) is 20.4 Å². The van der Waals surface area contributed by atoms with E-state index >= 15 is 0 Å². The Hall–Kier alpha value is -1.42. The van der Waals surface area contributed by atoms with Crippen LogP contribution in [0.4, 0.5) is 0 Å². The molecule has 0 radical (unpaired) electrons. The lowest BCUT2D eigenvalue weighted by atomic mass is 10.2. The molecular formula is C11H12N2OS. The summed E-state index contributed by atoms with van der Waals surface area (Å²) in [6, 6.07) is 5.74. The number of rotatable bonds is 2. The Balaban J connectivity index is 2.60. The van der Waals surface area contributed by atoms with E-state index in [9.17, 15) is 4.79 Å². The van der Waals surface area contributed by atoms with Gasteiger partial charge < -0.3 is 0 Å². The average Bonchev–Trinajstić information content (AvgIpc) is 2.57. The second-order valence-electron chi connectivity index (χ2n) is 3.26. The van der Waals surface area contributed by atoms with Crippen molar-refractivity contribution in [1.82, 2.24) is 8.94 Å². The summed E-state index contributed by atoms with van der Waals surface area (Å²) in [6.45, 7) is 4.55. The van der Waals surface area contributed by atoms with E-state index < -0.39 is 0 Å². The van der Waals surface area contributed by atoms with Crippen LogP contribution in [-0.2, 0) is 6.54 Å². The molecule has 78 valence electrons. The molecule has 0 unspecified atom stereocenters. The first-order chi connectivity index (χ1) is 7.24. The van der Waals surface area contributed by atoms with Gasteiger partial charge in [0.15, 0.2) is 0 Å². The van der Waals surface area contributed by atoms with E-state index in [0.717, 1.165) is 22.7 Å². The Labute approximate surface area is 92.2 Å². The molecule has 0 saturated heterocycles. The third-order valence-electron chi connectivity index (χ3n) is 2.27. The summed E-state index contributed by atoms with van der Waals surface area (Å²) in [4.78, 5) is 17.0. The van der Waals surface area contributed by atoms with Crippen LogP contribution >= 0.6 is 11.5 Å². The molecule has 0 aliphatic rings. The van der Waals surface area contributed by atoms with Crippen LogP contribution in [0, 0.1) is 6.92 Å². The number of hydrogen-bond donors (Lipinski definition) is 0. The van der Waals surface area contributed by atoms with Gasteiger partial charge in [-0.05, 0) is 26.0 Å². The Kier molecular flexibility index (Phi) is 2.68. The second-order valence-corrected chi connectivity index (χ2v) is 4.29. The average molecular weight is 220 g/mol. The van der Waals surface area contributed by atoms with Crippen molar-refractivity contribution in [2.24, 2.45) is 0 Å². The summed E-state index contributed by atoms with van der Waals surface area (Å²) in [5.74, 6) is 0. The van der Waals surface area contributed by atoms with E-state index in [1.54, 1.807) is 10.2 Å². The van der Waals surface area contributed by atoms with E-state index in [-0.39, 0.29) is 5.56 Å². The summed E-state index contributed by atoms with van der Waals surface area (Å²) in [7, 11) is 0. The van der Waals surface area contributed by atoms with Crippen LogP contribution in [0.3, 0.4) is 0 Å². The summed E-state index contributed by atoms with van der Waals surface area (Å²) in [5, 5.41) is 0. The molecule has 15 heavy (non-hydrogen) atoms. The number of aryl methyl sites for hydroxylation is 1. The predicted octanol–water partition coefficient (Wildman–Crippen LogP) is 2.30. The number of aromatic nitrogens is 2. The molecule has 0 N–H and O–H groups in total. The van der Waals surface area contributed by atoms with Crippen LogP contribution in [0.2, 0.25) is 0 Å². The van der Waals surface area contributed by atoms with Crippen molar-refractivity contribution in [2.75, 3.05) is 0 Å². The molecule has 2 rings (SSSR count). The maximum atomic E-state index is 11.7. The molecule has 0 amide bonds. The summed E-state index contributed by atoms with van der Waals surface area (Å²) in [6.07, 6.45) is 1.75. The normalized spacial score (nSPS) is 10.5. The highest BCUT2D eigenvalue weighted by Crippen LogP contribution is 2.23. The van der Waals surface area contributed by atoms with Crippen LogP contribution in [0.15, 0.2) is 29.2 Å². The molecule has 4 heteroatoms. The highest BCUT2D eigenvalue weighted by Gasteiger charge is 2.12. The SMILES string of the molecule is CCn1sc(-c2ccccn2)c(C)c1=O. The minimum atomic E-state index is 0.100. The maximum Gasteiger partial charge on any atom is 0.264 e. The topological polar surface area (TPSA) is 34.9 Å². The molecule has 0 atom stereocenters. The smallest absolute Gasteiger partial charge is 0.264 e. The first-order valence-electron chi connectivity index (χ1n) is 4.86. The molecule has 2 heterocycles. The molecule has 0 bridgehead atoms. The lowest BCUT2D eigenvalue weighted by Crippen LogP contribution is -2.13. The maximum absolute atomic E-state index is 11.7. The Morgan fingerprint density at radius 1 is 1.47 bits per heavy atom. The van der Waals surface area contributed by atoms with Crippen LogP contribution < -0.4 is 5.56 Å². The lowest BCUT2D eigenvalue weighted by Gasteiger charge is -1.95. The van der Waals surface area contributed by atoms with Crippen LogP contribution in [0.5, 0.6) is 0 Å². The van der Waals surface area contributed by atoms with E-state index in [1.165, 1.54) is 11.5 Å². The fourth-order valence-corrected chi connectivity index (χ4v) is 2.46. The number of hydrogen-bond acceptors (Lipinski definition) is 3. The van der Waals surface area contributed by atoms with Crippen molar-refractivity contribution in [1.29, 1.82) is 0 Å². The van der Waals surface area contributed by atoms with Gasteiger partial charge in [0.05, 0.1) is 10.6 Å². The summed E-state index contributed by atoms with van der Waals surface area (Å²) < 4.78 is 1.75. The Morgan fingerprint density at radius 3 is 2.80 bits per heavy atom. The molecule has 2 aromatic heterocycles. The monoisotopic (exact) mass is 220 g/mol. The fourth-order valence-electron chi connectivity index (χ4n) is 1.45. The van der Waals surface area contributed by atoms with Gasteiger partial charge in [-0.2, -0.15) is 0 Å². The van der Waals surface area contributed by atoms with Gasteiger partial charge in [0.1, 0.15) is 0 Å². The second kappa shape index (κ2) is 3.98. The van der Waals surface area contributed by atoms with Crippen molar-refractivity contribution in [3.8, 4) is 10.6 Å². The zero-order valence-electron chi connectivity index (χ0n) is 8.73. The van der Waals surface area contributed by atoms with E-state index in [0.29, 0.717) is 0 Å². The van der Waals surface area contributed by atoms with Gasteiger partial charge in [-0.1, -0.05) is 17.6 Å². The number of pyridine rings is 1. The van der Waals surface area contributed by atoms with Crippen LogP contribution in [0.1, 0.15) is 12.5 Å². The van der Waals surface area contributed by atoms with Gasteiger partial charge in [-0.15, -0.1) is 0 Å². The van der Waals surface area contributed by atoms with E-state index in [2.05, 4.69) is 4.98 Å². The van der Waals surface area contributed by atoms with Gasteiger partial charge in [0, 0.05) is 18.3 Å². The highest BCUT2D eigenvalue weighted by molar-refractivity contribution is 7.10. The molecule has 2 aromatic rings. The third kappa shape index (κ3) is 1.72. The van der Waals surface area contributed by atoms with Crippen molar-refractivity contribution in [3.63, 3.8) is 0 Å². The van der Waals surface area contributed by atoms with Crippen molar-refractivity contribution < 1.29 is 0 Å². The minimum absolute atomic E-state index is 0.100. The molecule has 3 nitrogen and oxygen atoms in total. The summed E-state index contributed by atoms with van der Waals surface area (Å²) >= 11 is 1.48. The molecule has 0 saturated carbocycles. The largest absolute Gasteiger partial charge is 0.268 e. The predicted molar refractivity (Wildman–Crippen MR) is 62.2 cm³/mol. The molecule has 0 aromatic carbocycles. The fraction of sp³-hybridized carbons (Fsp3) is 0.273. The highest BCUT2D eigenvalue weighted by atomic mass is 32.1. The zero-order valence-corrected chi connectivity index (χ0v) is 9.54. The van der Waals surface area contributed by atoms with E-state index in [1.807, 2.05) is 32.0 Å². The first-order valence-corrected chi connectivity index (χ1v) is 5.63. The van der Waals surface area contributed by atoms with E-state index in [4.69, 9.17) is 0 Å². The van der Waals surface area contributed by atoms with Crippen molar-refractivity contribution in [3.05, 3.63) is 40.3 Å². The van der Waals surface area contributed by atoms with Crippen molar-refractivity contribution >= 4 is 11.5 Å². The van der Waals surface area contributed by atoms with Crippen LogP contribution in [0.25, 0.3) is 10.6 Å². The van der Waals surface area contributed by atoms with Crippen LogP contribution in [-0.4, -0.2) is 8.94 Å². The van der Waals surface area contributed by atoms with Gasteiger partial charge in [-0.3, -0.25) is 13.7 Å². The van der Waals surface area contributed by atoms with Gasteiger partial charge in [0.25, 0.3) is 5.56 Å². The minimum Gasteiger partial charge on any atom is -0.268 e. The Bertz CT molecular complexity index is 513. The molecular weight excluding hydrogens is 208 g/mol. The molecule has 0 aliphatic heterocycles.